The van der Waals surface area contributed by atoms with Crippen molar-refractivity contribution in [1.29, 1.82) is 0 Å². The number of ether oxygens (including phenoxy) is 1. The summed E-state index contributed by atoms with van der Waals surface area (Å²) in [6.07, 6.45) is 2.51. The Hall–Kier alpha value is -2.17. The molecule has 0 bridgehead atoms. The number of nitrogens with zero attached hydrogens (tertiary/aromatic N) is 2. The van der Waals surface area contributed by atoms with E-state index in [1.165, 1.54) is 5.56 Å². The average molecular weight is 379 g/mol. The molecule has 0 unspecified atom stereocenters. The Morgan fingerprint density at radius 3 is 2.36 bits per heavy atom. The minimum atomic E-state index is -0.821. The second-order valence-electron chi connectivity index (χ2n) is 8.67. The summed E-state index contributed by atoms with van der Waals surface area (Å²) in [6.45, 7) is 7.56. The van der Waals surface area contributed by atoms with E-state index in [2.05, 4.69) is 49.1 Å². The SMILES string of the molecule is CC1(C)COC(c2ccccc2C2(O)CCN(CCc3ccccc3)CC2)=N1. The topological polar surface area (TPSA) is 45.1 Å². The highest BCUT2D eigenvalue weighted by molar-refractivity contribution is 5.97. The van der Waals surface area contributed by atoms with E-state index in [0.29, 0.717) is 12.5 Å². The lowest BCUT2D eigenvalue weighted by molar-refractivity contribution is -0.0258. The van der Waals surface area contributed by atoms with Crippen LogP contribution in [-0.2, 0) is 16.8 Å². The molecule has 2 heterocycles. The molecule has 2 aromatic carbocycles. The number of hydrogen-bond donors (Lipinski definition) is 1. The van der Waals surface area contributed by atoms with Crippen molar-refractivity contribution in [3.8, 4) is 0 Å². The molecular formula is C24H30N2O2. The van der Waals surface area contributed by atoms with Crippen LogP contribution in [0.2, 0.25) is 0 Å². The molecule has 1 fully saturated rings. The highest BCUT2D eigenvalue weighted by Gasteiger charge is 2.38. The fraction of sp³-hybridized carbons (Fsp3) is 0.458. The summed E-state index contributed by atoms with van der Waals surface area (Å²) in [6, 6.07) is 18.7. The third kappa shape index (κ3) is 4.13. The summed E-state index contributed by atoms with van der Waals surface area (Å²) in [7, 11) is 0. The molecule has 2 aliphatic heterocycles. The van der Waals surface area contributed by atoms with Gasteiger partial charge >= 0.3 is 0 Å². The van der Waals surface area contributed by atoms with Gasteiger partial charge in [0, 0.05) is 25.2 Å². The van der Waals surface area contributed by atoms with Crippen molar-refractivity contribution in [3.63, 3.8) is 0 Å². The Labute approximate surface area is 167 Å². The van der Waals surface area contributed by atoms with Crippen molar-refractivity contribution in [1.82, 2.24) is 4.90 Å². The van der Waals surface area contributed by atoms with Crippen LogP contribution < -0.4 is 0 Å². The molecule has 28 heavy (non-hydrogen) atoms. The second-order valence-corrected chi connectivity index (χ2v) is 8.67. The molecule has 0 aromatic heterocycles. The maximum absolute atomic E-state index is 11.5. The smallest absolute Gasteiger partial charge is 0.217 e. The van der Waals surface area contributed by atoms with Gasteiger partial charge in [0.1, 0.15) is 6.61 Å². The molecule has 2 aromatic rings. The van der Waals surface area contributed by atoms with Crippen LogP contribution in [0.3, 0.4) is 0 Å². The fourth-order valence-corrected chi connectivity index (χ4v) is 4.15. The Kier molecular flexibility index (Phi) is 5.26. The third-order valence-electron chi connectivity index (χ3n) is 5.87. The van der Waals surface area contributed by atoms with Gasteiger partial charge in [0.2, 0.25) is 5.90 Å². The monoisotopic (exact) mass is 378 g/mol. The van der Waals surface area contributed by atoms with Gasteiger partial charge < -0.3 is 14.7 Å². The van der Waals surface area contributed by atoms with Crippen molar-refractivity contribution in [2.45, 2.75) is 44.2 Å². The normalized spacial score (nSPS) is 21.2. The lowest BCUT2D eigenvalue weighted by Gasteiger charge is -2.39. The van der Waals surface area contributed by atoms with Crippen molar-refractivity contribution >= 4 is 5.90 Å². The number of hydrogen-bond acceptors (Lipinski definition) is 4. The van der Waals surface area contributed by atoms with Gasteiger partial charge in [-0.1, -0.05) is 48.5 Å². The minimum Gasteiger partial charge on any atom is -0.475 e. The molecule has 0 spiro atoms. The molecular weight excluding hydrogens is 348 g/mol. The van der Waals surface area contributed by atoms with Gasteiger partial charge in [0.05, 0.1) is 11.1 Å². The first-order valence-corrected chi connectivity index (χ1v) is 10.3. The van der Waals surface area contributed by atoms with Crippen molar-refractivity contribution in [3.05, 3.63) is 71.3 Å². The van der Waals surface area contributed by atoms with E-state index in [-0.39, 0.29) is 5.54 Å². The number of aliphatic hydroxyl groups is 1. The molecule has 148 valence electrons. The van der Waals surface area contributed by atoms with Crippen LogP contribution in [0.1, 0.15) is 43.4 Å². The highest BCUT2D eigenvalue weighted by atomic mass is 16.5. The Bertz CT molecular complexity index is 837. The van der Waals surface area contributed by atoms with E-state index in [0.717, 1.165) is 50.0 Å². The Balaban J connectivity index is 1.45. The number of aliphatic imine (C=N–C) groups is 1. The first-order chi connectivity index (χ1) is 13.5. The number of benzene rings is 2. The summed E-state index contributed by atoms with van der Waals surface area (Å²) >= 11 is 0. The van der Waals surface area contributed by atoms with Gasteiger partial charge in [-0.25, -0.2) is 4.99 Å². The largest absolute Gasteiger partial charge is 0.475 e. The van der Waals surface area contributed by atoms with Crippen molar-refractivity contribution in [2.75, 3.05) is 26.2 Å². The summed E-state index contributed by atoms with van der Waals surface area (Å²) in [5.74, 6) is 0.667. The molecule has 1 saturated heterocycles. The van der Waals surface area contributed by atoms with Crippen LogP contribution in [-0.4, -0.2) is 47.7 Å². The van der Waals surface area contributed by atoms with Crippen LogP contribution >= 0.6 is 0 Å². The van der Waals surface area contributed by atoms with Crippen LogP contribution in [0.25, 0.3) is 0 Å². The number of rotatable bonds is 5. The first-order valence-electron chi connectivity index (χ1n) is 10.3. The standard InChI is InChI=1S/C24H30N2O2/c1-23(2)18-28-22(25-23)20-10-6-7-11-21(20)24(27)13-16-26(17-14-24)15-12-19-8-4-3-5-9-19/h3-11,27H,12-18H2,1-2H3. The zero-order chi connectivity index (χ0) is 19.6. The van der Waals surface area contributed by atoms with Crippen LogP contribution in [0, 0.1) is 0 Å². The molecule has 4 heteroatoms. The molecule has 0 saturated carbocycles. The van der Waals surface area contributed by atoms with Gasteiger partial charge in [0.25, 0.3) is 0 Å². The molecule has 4 rings (SSSR count). The third-order valence-corrected chi connectivity index (χ3v) is 5.87. The van der Waals surface area contributed by atoms with E-state index in [1.54, 1.807) is 0 Å². The van der Waals surface area contributed by atoms with Crippen molar-refractivity contribution in [2.24, 2.45) is 4.99 Å². The maximum atomic E-state index is 11.5. The fourth-order valence-electron chi connectivity index (χ4n) is 4.15. The second kappa shape index (κ2) is 7.69. The molecule has 1 N–H and O–H groups in total. The summed E-state index contributed by atoms with van der Waals surface area (Å²) in [4.78, 5) is 7.18. The van der Waals surface area contributed by atoms with Gasteiger partial charge in [-0.15, -0.1) is 0 Å². The predicted octanol–water partition coefficient (Wildman–Crippen LogP) is 3.77. The van der Waals surface area contributed by atoms with Gasteiger partial charge in [0.15, 0.2) is 0 Å². The zero-order valence-corrected chi connectivity index (χ0v) is 16.9. The lowest BCUT2D eigenvalue weighted by atomic mass is 9.81. The van der Waals surface area contributed by atoms with E-state index >= 15 is 0 Å². The average Bonchev–Trinajstić information content (AvgIpc) is 3.08. The molecule has 0 radical (unpaired) electrons. The Morgan fingerprint density at radius 1 is 1.00 bits per heavy atom. The number of likely N-dealkylation sites (tertiary alicyclic amines) is 1. The van der Waals surface area contributed by atoms with Crippen molar-refractivity contribution < 1.29 is 9.84 Å². The van der Waals surface area contributed by atoms with Gasteiger partial charge in [-0.3, -0.25) is 0 Å². The van der Waals surface area contributed by atoms with Crippen LogP contribution in [0.15, 0.2) is 59.6 Å². The van der Waals surface area contributed by atoms with E-state index in [9.17, 15) is 5.11 Å². The van der Waals surface area contributed by atoms with Gasteiger partial charge in [-0.2, -0.15) is 0 Å². The molecule has 2 aliphatic rings. The molecule has 0 aliphatic carbocycles. The van der Waals surface area contributed by atoms with Crippen LogP contribution in [0.4, 0.5) is 0 Å². The summed E-state index contributed by atoms with van der Waals surface area (Å²) in [5, 5.41) is 11.5. The highest BCUT2D eigenvalue weighted by Crippen LogP contribution is 2.36. The summed E-state index contributed by atoms with van der Waals surface area (Å²) in [5.41, 5.74) is 2.24. The minimum absolute atomic E-state index is 0.203. The molecule has 4 nitrogen and oxygen atoms in total. The Morgan fingerprint density at radius 2 is 1.68 bits per heavy atom. The quantitative estimate of drug-likeness (QED) is 0.861. The first kappa shape index (κ1) is 19.2. The van der Waals surface area contributed by atoms with E-state index in [1.807, 2.05) is 24.3 Å². The molecule has 0 atom stereocenters. The lowest BCUT2D eigenvalue weighted by Crippen LogP contribution is -2.43. The van der Waals surface area contributed by atoms with E-state index < -0.39 is 5.60 Å². The maximum Gasteiger partial charge on any atom is 0.217 e. The zero-order valence-electron chi connectivity index (χ0n) is 16.9. The summed E-state index contributed by atoms with van der Waals surface area (Å²) < 4.78 is 5.87. The van der Waals surface area contributed by atoms with Crippen LogP contribution in [0.5, 0.6) is 0 Å². The van der Waals surface area contributed by atoms with Gasteiger partial charge in [-0.05, 0) is 50.3 Å². The van der Waals surface area contributed by atoms with E-state index in [4.69, 9.17) is 9.73 Å². The predicted molar refractivity (Wildman–Crippen MR) is 113 cm³/mol. The number of piperidine rings is 1. The molecule has 0 amide bonds.